The number of carbonyl (C=O) groups excluding carboxylic acids is 1. The van der Waals surface area contributed by atoms with E-state index in [1.165, 1.54) is 0 Å². The molecule has 0 heterocycles. The van der Waals surface area contributed by atoms with Gasteiger partial charge in [-0.15, -0.1) is 0 Å². The summed E-state index contributed by atoms with van der Waals surface area (Å²) in [5.74, 6) is 1.40. The van der Waals surface area contributed by atoms with Crippen molar-refractivity contribution in [2.24, 2.45) is 0 Å². The Morgan fingerprint density at radius 2 is 1.64 bits per heavy atom. The molecular weight excluding hydrogens is 314 g/mol. The third-order valence-corrected chi connectivity index (χ3v) is 4.12. The van der Waals surface area contributed by atoms with Crippen molar-refractivity contribution in [3.8, 4) is 11.5 Å². The smallest absolute Gasteiger partial charge is 0.261 e. The Kier molecular flexibility index (Phi) is 6.45. The first-order chi connectivity index (χ1) is 11.9. The van der Waals surface area contributed by atoms with E-state index in [0.717, 1.165) is 34.6 Å². The topological polar surface area (TPSA) is 47.6 Å². The summed E-state index contributed by atoms with van der Waals surface area (Å²) < 4.78 is 11.0. The van der Waals surface area contributed by atoms with Crippen molar-refractivity contribution in [1.29, 1.82) is 0 Å². The third-order valence-electron chi connectivity index (χ3n) is 4.12. The molecule has 25 heavy (non-hydrogen) atoms. The van der Waals surface area contributed by atoms with E-state index in [4.69, 9.17) is 9.47 Å². The molecule has 0 aliphatic rings. The number of aryl methyl sites for hydroxylation is 2. The molecule has 0 saturated carbocycles. The van der Waals surface area contributed by atoms with Crippen molar-refractivity contribution < 1.29 is 14.3 Å². The Hall–Kier alpha value is -2.49. The molecule has 2 atom stereocenters. The lowest BCUT2D eigenvalue weighted by Crippen LogP contribution is -2.38. The normalized spacial score (nSPS) is 13.0. The van der Waals surface area contributed by atoms with Crippen LogP contribution in [0, 0.1) is 13.8 Å². The first-order valence-electron chi connectivity index (χ1n) is 8.62. The van der Waals surface area contributed by atoms with Gasteiger partial charge in [-0.1, -0.05) is 25.1 Å². The Morgan fingerprint density at radius 1 is 1.04 bits per heavy atom. The average Bonchev–Trinajstić information content (AvgIpc) is 2.58. The maximum atomic E-state index is 12.5. The fraction of sp³-hybridized carbons (Fsp3) is 0.381. The van der Waals surface area contributed by atoms with Crippen LogP contribution in [0.25, 0.3) is 0 Å². The molecule has 0 radical (unpaired) electrons. The number of hydrogen-bond acceptors (Lipinski definition) is 3. The van der Waals surface area contributed by atoms with E-state index in [0.29, 0.717) is 0 Å². The number of amides is 1. The highest BCUT2D eigenvalue weighted by molar-refractivity contribution is 5.81. The highest BCUT2D eigenvalue weighted by Gasteiger charge is 2.19. The molecule has 0 aromatic heterocycles. The number of rotatable bonds is 7. The molecule has 2 aromatic rings. The molecule has 134 valence electrons. The van der Waals surface area contributed by atoms with Gasteiger partial charge in [0, 0.05) is 0 Å². The van der Waals surface area contributed by atoms with Gasteiger partial charge in [0.2, 0.25) is 0 Å². The zero-order chi connectivity index (χ0) is 18.4. The van der Waals surface area contributed by atoms with Crippen LogP contribution in [0.1, 0.15) is 43.0 Å². The molecule has 1 N–H and O–H groups in total. The minimum absolute atomic E-state index is 0.0521. The monoisotopic (exact) mass is 341 g/mol. The summed E-state index contributed by atoms with van der Waals surface area (Å²) in [7, 11) is 1.64. The Morgan fingerprint density at radius 3 is 2.16 bits per heavy atom. The predicted octanol–water partition coefficient (Wildman–Crippen LogP) is 4.35. The van der Waals surface area contributed by atoms with Crippen LogP contribution in [-0.2, 0) is 4.79 Å². The number of ether oxygens (including phenoxy) is 2. The predicted molar refractivity (Wildman–Crippen MR) is 100 cm³/mol. The van der Waals surface area contributed by atoms with Crippen LogP contribution in [0.2, 0.25) is 0 Å². The van der Waals surface area contributed by atoms with Gasteiger partial charge in [0.15, 0.2) is 6.10 Å². The summed E-state index contributed by atoms with van der Waals surface area (Å²) in [6.07, 6.45) is 0.238. The van der Waals surface area contributed by atoms with Gasteiger partial charge in [-0.3, -0.25) is 4.79 Å². The van der Waals surface area contributed by atoms with Crippen molar-refractivity contribution >= 4 is 5.91 Å². The molecule has 2 rings (SSSR count). The largest absolute Gasteiger partial charge is 0.497 e. The van der Waals surface area contributed by atoms with Crippen LogP contribution < -0.4 is 14.8 Å². The molecular formula is C21H27NO3. The van der Waals surface area contributed by atoms with Gasteiger partial charge in [-0.25, -0.2) is 0 Å². The zero-order valence-corrected chi connectivity index (χ0v) is 15.6. The van der Waals surface area contributed by atoms with E-state index in [2.05, 4.69) is 11.4 Å². The lowest BCUT2D eigenvalue weighted by atomic mass is 10.0. The number of benzene rings is 2. The van der Waals surface area contributed by atoms with Crippen LogP contribution in [0.5, 0.6) is 11.5 Å². The number of nitrogens with one attached hydrogen (secondary N) is 1. The fourth-order valence-corrected chi connectivity index (χ4v) is 2.80. The van der Waals surface area contributed by atoms with E-state index in [-0.39, 0.29) is 11.9 Å². The Labute approximate surface area is 150 Å². The summed E-state index contributed by atoms with van der Waals surface area (Å²) in [5.41, 5.74) is 3.29. The van der Waals surface area contributed by atoms with Gasteiger partial charge in [0.25, 0.3) is 5.91 Å². The van der Waals surface area contributed by atoms with Gasteiger partial charge in [0.1, 0.15) is 11.5 Å². The summed E-state index contributed by atoms with van der Waals surface area (Å²) in [5, 5.41) is 3.06. The number of hydrogen-bond donors (Lipinski definition) is 1. The third kappa shape index (κ3) is 5.24. The molecule has 0 fully saturated rings. The van der Waals surface area contributed by atoms with E-state index in [9.17, 15) is 4.79 Å². The maximum Gasteiger partial charge on any atom is 0.261 e. The summed E-state index contributed by atoms with van der Waals surface area (Å²) >= 11 is 0. The molecule has 4 heteroatoms. The molecule has 4 nitrogen and oxygen atoms in total. The standard InChI is InChI=1S/C21H27NO3/c1-6-20(17-7-9-18(24-5)10-8-17)22-21(23)16(4)25-19-12-14(2)11-15(3)13-19/h7-13,16,20H,6H2,1-5H3,(H,22,23)/t16-,20-/m0/s1. The van der Waals surface area contributed by atoms with Gasteiger partial charge in [-0.2, -0.15) is 0 Å². The molecule has 0 bridgehead atoms. The molecule has 0 saturated heterocycles. The first kappa shape index (κ1) is 18.8. The van der Waals surface area contributed by atoms with Crippen LogP contribution in [-0.4, -0.2) is 19.1 Å². The second kappa shape index (κ2) is 8.56. The lowest BCUT2D eigenvalue weighted by Gasteiger charge is -2.21. The molecule has 0 spiro atoms. The lowest BCUT2D eigenvalue weighted by molar-refractivity contribution is -0.128. The highest BCUT2D eigenvalue weighted by Crippen LogP contribution is 2.21. The van der Waals surface area contributed by atoms with E-state index >= 15 is 0 Å². The van der Waals surface area contributed by atoms with Crippen LogP contribution in [0.3, 0.4) is 0 Å². The van der Waals surface area contributed by atoms with Gasteiger partial charge in [-0.05, 0) is 68.1 Å². The van der Waals surface area contributed by atoms with E-state index < -0.39 is 6.10 Å². The van der Waals surface area contributed by atoms with Gasteiger partial charge in [0.05, 0.1) is 13.2 Å². The molecule has 0 aliphatic heterocycles. The minimum Gasteiger partial charge on any atom is -0.497 e. The van der Waals surface area contributed by atoms with Crippen LogP contribution in [0.4, 0.5) is 0 Å². The quantitative estimate of drug-likeness (QED) is 0.814. The summed E-state index contributed by atoms with van der Waals surface area (Å²) in [4.78, 5) is 12.5. The fourth-order valence-electron chi connectivity index (χ4n) is 2.80. The molecule has 1 amide bonds. The Balaban J connectivity index is 2.02. The van der Waals surface area contributed by atoms with E-state index in [1.807, 2.05) is 57.2 Å². The summed E-state index contributed by atoms with van der Waals surface area (Å²) in [6, 6.07) is 13.7. The maximum absolute atomic E-state index is 12.5. The number of methoxy groups -OCH3 is 1. The SMILES string of the molecule is CC[C@H](NC(=O)[C@H](C)Oc1cc(C)cc(C)c1)c1ccc(OC)cc1. The van der Waals surface area contributed by atoms with Crippen molar-refractivity contribution in [2.45, 2.75) is 46.3 Å². The molecule has 2 aromatic carbocycles. The highest BCUT2D eigenvalue weighted by atomic mass is 16.5. The van der Waals surface area contributed by atoms with Gasteiger partial charge >= 0.3 is 0 Å². The molecule has 0 aliphatic carbocycles. The van der Waals surface area contributed by atoms with Crippen LogP contribution in [0.15, 0.2) is 42.5 Å². The second-order valence-corrected chi connectivity index (χ2v) is 6.33. The van der Waals surface area contributed by atoms with Crippen LogP contribution >= 0.6 is 0 Å². The number of carbonyl (C=O) groups is 1. The minimum atomic E-state index is -0.562. The Bertz CT molecular complexity index is 689. The average molecular weight is 341 g/mol. The van der Waals surface area contributed by atoms with Crippen molar-refractivity contribution in [2.75, 3.05) is 7.11 Å². The van der Waals surface area contributed by atoms with Crippen molar-refractivity contribution in [1.82, 2.24) is 5.32 Å². The first-order valence-corrected chi connectivity index (χ1v) is 8.62. The van der Waals surface area contributed by atoms with E-state index in [1.54, 1.807) is 14.0 Å². The summed E-state index contributed by atoms with van der Waals surface area (Å²) in [6.45, 7) is 7.85. The molecule has 0 unspecified atom stereocenters. The second-order valence-electron chi connectivity index (χ2n) is 6.33. The zero-order valence-electron chi connectivity index (χ0n) is 15.6. The van der Waals surface area contributed by atoms with Crippen molar-refractivity contribution in [3.63, 3.8) is 0 Å². The van der Waals surface area contributed by atoms with Gasteiger partial charge < -0.3 is 14.8 Å². The van der Waals surface area contributed by atoms with Crippen molar-refractivity contribution in [3.05, 3.63) is 59.2 Å².